The molecule has 0 bridgehead atoms. The number of nitrogens with zero attached hydrogens (tertiary/aromatic N) is 5. The third-order valence-electron chi connectivity index (χ3n) is 4.26. The van der Waals surface area contributed by atoms with Crippen molar-refractivity contribution in [3.05, 3.63) is 23.6 Å². The SMILES string of the molecule is CCS(=O)(=O)N1CCCC1CNc1nc(Nc2cnn(C)c2)ncc1Cl. The summed E-state index contributed by atoms with van der Waals surface area (Å²) in [5.41, 5.74) is 0.761. The minimum atomic E-state index is -3.20. The van der Waals surface area contributed by atoms with E-state index in [9.17, 15) is 8.42 Å². The number of nitrogens with one attached hydrogen (secondary N) is 2. The highest BCUT2D eigenvalue weighted by molar-refractivity contribution is 7.89. The van der Waals surface area contributed by atoms with E-state index in [1.54, 1.807) is 28.3 Å². The van der Waals surface area contributed by atoms with Crippen LogP contribution in [0.5, 0.6) is 0 Å². The van der Waals surface area contributed by atoms with Gasteiger partial charge in [0, 0.05) is 32.4 Å². The first-order valence-electron chi connectivity index (χ1n) is 8.40. The van der Waals surface area contributed by atoms with Gasteiger partial charge in [0.05, 0.1) is 23.8 Å². The van der Waals surface area contributed by atoms with Crippen molar-refractivity contribution in [3.8, 4) is 0 Å². The second-order valence-electron chi connectivity index (χ2n) is 6.11. The van der Waals surface area contributed by atoms with Crippen LogP contribution < -0.4 is 10.6 Å². The van der Waals surface area contributed by atoms with E-state index in [-0.39, 0.29) is 11.8 Å². The minimum Gasteiger partial charge on any atom is -0.367 e. The van der Waals surface area contributed by atoms with Crippen molar-refractivity contribution in [3.63, 3.8) is 0 Å². The standard InChI is InChI=1S/C15H22ClN7O2S/c1-3-26(24,25)23-6-4-5-12(23)8-17-14-13(16)9-18-15(21-14)20-11-7-19-22(2)10-11/h7,9-10,12H,3-6,8H2,1-2H3,(H2,17,18,20,21). The van der Waals surface area contributed by atoms with Gasteiger partial charge in [-0.05, 0) is 19.8 Å². The van der Waals surface area contributed by atoms with Crippen LogP contribution in [0.3, 0.4) is 0 Å². The lowest BCUT2D eigenvalue weighted by atomic mass is 10.2. The zero-order chi connectivity index (χ0) is 18.7. The average molecular weight is 400 g/mol. The Bertz CT molecular complexity index is 871. The molecule has 0 spiro atoms. The van der Waals surface area contributed by atoms with Crippen LogP contribution in [0.1, 0.15) is 19.8 Å². The number of rotatable bonds is 7. The Morgan fingerprint density at radius 3 is 2.88 bits per heavy atom. The largest absolute Gasteiger partial charge is 0.367 e. The van der Waals surface area contributed by atoms with Crippen molar-refractivity contribution >= 4 is 39.1 Å². The van der Waals surface area contributed by atoms with Crippen LogP contribution in [-0.4, -0.2) is 57.4 Å². The molecular formula is C15H22ClN7O2S. The van der Waals surface area contributed by atoms with Gasteiger partial charge < -0.3 is 10.6 Å². The molecule has 1 saturated heterocycles. The fraction of sp³-hybridized carbons (Fsp3) is 0.533. The molecule has 0 amide bonds. The Morgan fingerprint density at radius 1 is 1.38 bits per heavy atom. The van der Waals surface area contributed by atoms with Gasteiger partial charge in [0.15, 0.2) is 5.82 Å². The topological polar surface area (TPSA) is 105 Å². The number of hydrogen-bond donors (Lipinski definition) is 2. The quantitative estimate of drug-likeness (QED) is 0.731. The second-order valence-corrected chi connectivity index (χ2v) is 8.72. The highest BCUT2D eigenvalue weighted by Crippen LogP contribution is 2.24. The van der Waals surface area contributed by atoms with E-state index in [4.69, 9.17) is 11.6 Å². The number of anilines is 3. The molecule has 142 valence electrons. The number of sulfonamides is 1. The molecule has 26 heavy (non-hydrogen) atoms. The van der Waals surface area contributed by atoms with Gasteiger partial charge in [-0.3, -0.25) is 4.68 Å². The number of hydrogen-bond acceptors (Lipinski definition) is 7. The number of halogens is 1. The van der Waals surface area contributed by atoms with Crippen LogP contribution in [0.25, 0.3) is 0 Å². The van der Waals surface area contributed by atoms with Gasteiger partial charge in [0.2, 0.25) is 16.0 Å². The van der Waals surface area contributed by atoms with Crippen molar-refractivity contribution in [2.45, 2.75) is 25.8 Å². The summed E-state index contributed by atoms with van der Waals surface area (Å²) in [4.78, 5) is 8.53. The third kappa shape index (κ3) is 4.25. The molecule has 2 aromatic heterocycles. The van der Waals surface area contributed by atoms with E-state index in [0.29, 0.717) is 29.9 Å². The molecule has 2 aromatic rings. The highest BCUT2D eigenvalue weighted by atomic mass is 35.5. The highest BCUT2D eigenvalue weighted by Gasteiger charge is 2.32. The first-order chi connectivity index (χ1) is 12.4. The van der Waals surface area contributed by atoms with Crippen LogP contribution in [0, 0.1) is 0 Å². The number of aryl methyl sites for hydroxylation is 1. The Labute approximate surface area is 157 Å². The fourth-order valence-electron chi connectivity index (χ4n) is 2.93. The van der Waals surface area contributed by atoms with E-state index < -0.39 is 10.0 Å². The first-order valence-corrected chi connectivity index (χ1v) is 10.4. The summed E-state index contributed by atoms with van der Waals surface area (Å²) >= 11 is 6.18. The van der Waals surface area contributed by atoms with Crippen molar-refractivity contribution in [2.75, 3.05) is 29.5 Å². The van der Waals surface area contributed by atoms with Crippen LogP contribution in [0.2, 0.25) is 5.02 Å². The molecule has 1 aliphatic rings. The van der Waals surface area contributed by atoms with Crippen LogP contribution in [-0.2, 0) is 17.1 Å². The minimum absolute atomic E-state index is 0.0966. The van der Waals surface area contributed by atoms with E-state index in [1.165, 1.54) is 6.20 Å². The van der Waals surface area contributed by atoms with Crippen molar-refractivity contribution < 1.29 is 8.42 Å². The Kier molecular flexibility index (Phi) is 5.64. The number of aromatic nitrogens is 4. The zero-order valence-electron chi connectivity index (χ0n) is 14.7. The molecule has 0 aliphatic carbocycles. The van der Waals surface area contributed by atoms with E-state index in [0.717, 1.165) is 18.5 Å². The summed E-state index contributed by atoms with van der Waals surface area (Å²) in [5, 5.41) is 10.7. The molecule has 1 aliphatic heterocycles. The van der Waals surface area contributed by atoms with Gasteiger partial charge in [-0.15, -0.1) is 0 Å². The van der Waals surface area contributed by atoms with Gasteiger partial charge in [0.25, 0.3) is 0 Å². The molecular weight excluding hydrogens is 378 g/mol. The first kappa shape index (κ1) is 18.9. The maximum Gasteiger partial charge on any atom is 0.229 e. The van der Waals surface area contributed by atoms with Gasteiger partial charge in [-0.1, -0.05) is 11.6 Å². The molecule has 1 atom stereocenters. The second kappa shape index (κ2) is 7.77. The van der Waals surface area contributed by atoms with Crippen LogP contribution >= 0.6 is 11.6 Å². The molecule has 1 fully saturated rings. The van der Waals surface area contributed by atoms with Crippen LogP contribution in [0.15, 0.2) is 18.6 Å². The van der Waals surface area contributed by atoms with Crippen molar-refractivity contribution in [1.82, 2.24) is 24.1 Å². The maximum atomic E-state index is 12.2. The monoisotopic (exact) mass is 399 g/mol. The van der Waals surface area contributed by atoms with Gasteiger partial charge in [-0.2, -0.15) is 14.4 Å². The molecule has 3 heterocycles. The maximum absolute atomic E-state index is 12.2. The Hall–Kier alpha value is -1.91. The third-order valence-corrected chi connectivity index (χ3v) is 6.46. The summed E-state index contributed by atoms with van der Waals surface area (Å²) in [6, 6.07) is -0.0966. The van der Waals surface area contributed by atoms with E-state index >= 15 is 0 Å². The summed E-state index contributed by atoms with van der Waals surface area (Å²) in [6.07, 6.45) is 6.64. The summed E-state index contributed by atoms with van der Waals surface area (Å²) in [6.45, 7) is 2.67. The van der Waals surface area contributed by atoms with E-state index in [2.05, 4.69) is 25.7 Å². The predicted molar refractivity (Wildman–Crippen MR) is 101 cm³/mol. The smallest absolute Gasteiger partial charge is 0.229 e. The molecule has 0 saturated carbocycles. The molecule has 0 aromatic carbocycles. The van der Waals surface area contributed by atoms with Crippen molar-refractivity contribution in [2.24, 2.45) is 7.05 Å². The van der Waals surface area contributed by atoms with Crippen LogP contribution in [0.4, 0.5) is 17.5 Å². The van der Waals surface area contributed by atoms with Gasteiger partial charge in [-0.25, -0.2) is 13.4 Å². The van der Waals surface area contributed by atoms with Crippen molar-refractivity contribution in [1.29, 1.82) is 0 Å². The summed E-state index contributed by atoms with van der Waals surface area (Å²) in [7, 11) is -1.38. The van der Waals surface area contributed by atoms with Gasteiger partial charge in [0.1, 0.15) is 5.02 Å². The normalized spacial score (nSPS) is 18.2. The summed E-state index contributed by atoms with van der Waals surface area (Å²) in [5.74, 6) is 0.958. The lowest BCUT2D eigenvalue weighted by Crippen LogP contribution is -2.40. The lowest BCUT2D eigenvalue weighted by Gasteiger charge is -2.24. The zero-order valence-corrected chi connectivity index (χ0v) is 16.3. The molecule has 2 N–H and O–H groups in total. The lowest BCUT2D eigenvalue weighted by molar-refractivity contribution is 0.399. The molecule has 11 heteroatoms. The summed E-state index contributed by atoms with van der Waals surface area (Å²) < 4.78 is 27.6. The van der Waals surface area contributed by atoms with Gasteiger partial charge >= 0.3 is 0 Å². The molecule has 3 rings (SSSR count). The molecule has 0 radical (unpaired) electrons. The fourth-order valence-corrected chi connectivity index (χ4v) is 4.46. The Morgan fingerprint density at radius 2 is 2.19 bits per heavy atom. The molecule has 9 nitrogen and oxygen atoms in total. The predicted octanol–water partition coefficient (Wildman–Crippen LogP) is 1.83. The van der Waals surface area contributed by atoms with E-state index in [1.807, 2.05) is 7.05 Å². The Balaban J connectivity index is 1.68. The molecule has 1 unspecified atom stereocenters. The average Bonchev–Trinajstić information content (AvgIpc) is 3.24.